The van der Waals surface area contributed by atoms with Crippen LogP contribution < -0.4 is 10.6 Å². The second-order valence-corrected chi connectivity index (χ2v) is 6.80. The molecular weight excluding hydrogens is 334 g/mol. The molecule has 7 heteroatoms. The van der Waals surface area contributed by atoms with E-state index in [4.69, 9.17) is 0 Å². The third-order valence-electron chi connectivity index (χ3n) is 4.16. The second-order valence-electron chi connectivity index (χ2n) is 6.80. The third kappa shape index (κ3) is 4.47. The first-order valence-corrected chi connectivity index (χ1v) is 8.82. The van der Waals surface area contributed by atoms with Gasteiger partial charge in [0, 0.05) is 20.0 Å². The van der Waals surface area contributed by atoms with E-state index in [1.165, 1.54) is 6.92 Å². The molecule has 0 saturated heterocycles. The summed E-state index contributed by atoms with van der Waals surface area (Å²) in [6.45, 7) is 6.12. The molecule has 0 aliphatic carbocycles. The molecule has 0 radical (unpaired) electrons. The standard InChI is InChI=1S/C19H25N3O4/c1-12(2)11-16(17(24)21-10-6-9-20-13(3)23)22-18(25)14-7-4-5-8-15(14)19(22)26/h4-5,7-8,12,16H,6,9-11H2,1-3H3,(H,20,23)(H,21,24). The molecule has 0 bridgehead atoms. The summed E-state index contributed by atoms with van der Waals surface area (Å²) in [5.41, 5.74) is 0.675. The molecule has 7 nitrogen and oxygen atoms in total. The van der Waals surface area contributed by atoms with Gasteiger partial charge in [0.15, 0.2) is 0 Å². The number of carbonyl (C=O) groups excluding carboxylic acids is 4. The van der Waals surface area contributed by atoms with E-state index in [1.54, 1.807) is 24.3 Å². The van der Waals surface area contributed by atoms with Crippen LogP contribution in [0, 0.1) is 5.92 Å². The van der Waals surface area contributed by atoms with Crippen LogP contribution in [0.1, 0.15) is 54.3 Å². The van der Waals surface area contributed by atoms with Crippen molar-refractivity contribution in [3.05, 3.63) is 35.4 Å². The highest BCUT2D eigenvalue weighted by atomic mass is 16.2. The molecule has 2 N–H and O–H groups in total. The van der Waals surface area contributed by atoms with Crippen LogP contribution in [0.2, 0.25) is 0 Å². The summed E-state index contributed by atoms with van der Waals surface area (Å²) in [6, 6.07) is 5.77. The van der Waals surface area contributed by atoms with Gasteiger partial charge in [-0.05, 0) is 30.9 Å². The SMILES string of the molecule is CC(=O)NCCCNC(=O)C(CC(C)C)N1C(=O)c2ccccc2C1=O. The van der Waals surface area contributed by atoms with Crippen molar-refractivity contribution >= 4 is 23.6 Å². The van der Waals surface area contributed by atoms with Gasteiger partial charge in [-0.3, -0.25) is 24.1 Å². The van der Waals surface area contributed by atoms with Gasteiger partial charge in [-0.2, -0.15) is 0 Å². The highest BCUT2D eigenvalue weighted by molar-refractivity contribution is 6.22. The average Bonchev–Trinajstić information content (AvgIpc) is 2.83. The Morgan fingerprint density at radius 2 is 1.54 bits per heavy atom. The van der Waals surface area contributed by atoms with E-state index in [1.807, 2.05) is 13.8 Å². The summed E-state index contributed by atoms with van der Waals surface area (Å²) in [5, 5.41) is 5.42. The van der Waals surface area contributed by atoms with E-state index >= 15 is 0 Å². The zero-order chi connectivity index (χ0) is 19.3. The highest BCUT2D eigenvalue weighted by Gasteiger charge is 2.42. The van der Waals surface area contributed by atoms with Gasteiger partial charge in [0.2, 0.25) is 11.8 Å². The number of rotatable bonds is 8. The first-order valence-electron chi connectivity index (χ1n) is 8.82. The Hall–Kier alpha value is -2.70. The molecule has 0 fully saturated rings. The average molecular weight is 359 g/mol. The Morgan fingerprint density at radius 3 is 2.04 bits per heavy atom. The number of carbonyl (C=O) groups is 4. The molecule has 1 aromatic carbocycles. The van der Waals surface area contributed by atoms with E-state index in [0.717, 1.165) is 4.90 Å². The van der Waals surface area contributed by atoms with E-state index in [9.17, 15) is 19.2 Å². The lowest BCUT2D eigenvalue weighted by atomic mass is 10.0. The van der Waals surface area contributed by atoms with Crippen molar-refractivity contribution in [2.24, 2.45) is 5.92 Å². The molecule has 1 atom stereocenters. The van der Waals surface area contributed by atoms with Gasteiger partial charge in [-0.15, -0.1) is 0 Å². The Balaban J connectivity index is 2.08. The first-order chi connectivity index (χ1) is 12.3. The fraction of sp³-hybridized carbons (Fsp3) is 0.474. The lowest BCUT2D eigenvalue weighted by molar-refractivity contribution is -0.125. The third-order valence-corrected chi connectivity index (χ3v) is 4.16. The molecule has 1 aliphatic rings. The number of nitrogens with zero attached hydrogens (tertiary/aromatic N) is 1. The van der Waals surface area contributed by atoms with Crippen molar-refractivity contribution in [2.45, 2.75) is 39.7 Å². The van der Waals surface area contributed by atoms with Gasteiger partial charge in [0.05, 0.1) is 11.1 Å². The molecule has 4 amide bonds. The van der Waals surface area contributed by atoms with E-state index < -0.39 is 17.9 Å². The summed E-state index contributed by atoms with van der Waals surface area (Å²) >= 11 is 0. The van der Waals surface area contributed by atoms with Crippen LogP contribution >= 0.6 is 0 Å². The van der Waals surface area contributed by atoms with Crippen molar-refractivity contribution in [3.8, 4) is 0 Å². The minimum Gasteiger partial charge on any atom is -0.356 e. The predicted molar refractivity (Wildman–Crippen MR) is 96.5 cm³/mol. The van der Waals surface area contributed by atoms with Crippen LogP contribution in [0.15, 0.2) is 24.3 Å². The summed E-state index contributed by atoms with van der Waals surface area (Å²) in [7, 11) is 0. The van der Waals surface area contributed by atoms with Crippen LogP contribution in [0.25, 0.3) is 0 Å². The zero-order valence-corrected chi connectivity index (χ0v) is 15.4. The molecule has 0 saturated carbocycles. The Kier molecular flexibility index (Phi) is 6.49. The summed E-state index contributed by atoms with van der Waals surface area (Å²) in [6.07, 6.45) is 0.963. The van der Waals surface area contributed by atoms with Gasteiger partial charge >= 0.3 is 0 Å². The van der Waals surface area contributed by atoms with Crippen LogP contribution in [0.3, 0.4) is 0 Å². The molecular formula is C19H25N3O4. The summed E-state index contributed by atoms with van der Waals surface area (Å²) in [5.74, 6) is -1.19. The van der Waals surface area contributed by atoms with Crippen molar-refractivity contribution < 1.29 is 19.2 Å². The van der Waals surface area contributed by atoms with Gasteiger partial charge in [0.25, 0.3) is 11.8 Å². The van der Waals surface area contributed by atoms with Gasteiger partial charge < -0.3 is 10.6 Å². The Bertz CT molecular complexity index is 679. The van der Waals surface area contributed by atoms with Gasteiger partial charge in [-0.1, -0.05) is 26.0 Å². The maximum absolute atomic E-state index is 12.7. The van der Waals surface area contributed by atoms with Gasteiger partial charge in [0.1, 0.15) is 6.04 Å². The summed E-state index contributed by atoms with van der Waals surface area (Å²) < 4.78 is 0. The monoisotopic (exact) mass is 359 g/mol. The minimum absolute atomic E-state index is 0.125. The molecule has 26 heavy (non-hydrogen) atoms. The number of hydrogen-bond acceptors (Lipinski definition) is 4. The van der Waals surface area contributed by atoms with E-state index in [-0.39, 0.29) is 17.7 Å². The quantitative estimate of drug-likeness (QED) is 0.541. The van der Waals surface area contributed by atoms with Crippen LogP contribution in [0.5, 0.6) is 0 Å². The van der Waals surface area contributed by atoms with E-state index in [2.05, 4.69) is 10.6 Å². The number of amides is 4. The fourth-order valence-electron chi connectivity index (χ4n) is 2.95. The molecule has 0 spiro atoms. The Morgan fingerprint density at radius 1 is 1.00 bits per heavy atom. The first kappa shape index (κ1) is 19.6. The minimum atomic E-state index is -0.844. The van der Waals surface area contributed by atoms with Crippen LogP contribution in [-0.2, 0) is 9.59 Å². The number of hydrogen-bond donors (Lipinski definition) is 2. The summed E-state index contributed by atoms with van der Waals surface area (Å²) in [4.78, 5) is 49.9. The topological polar surface area (TPSA) is 95.6 Å². The highest BCUT2D eigenvalue weighted by Crippen LogP contribution is 2.26. The zero-order valence-electron chi connectivity index (χ0n) is 15.4. The lowest BCUT2D eigenvalue weighted by Crippen LogP contribution is -2.50. The maximum atomic E-state index is 12.7. The molecule has 1 heterocycles. The molecule has 1 aliphatic heterocycles. The molecule has 0 aromatic heterocycles. The van der Waals surface area contributed by atoms with Crippen molar-refractivity contribution in [1.29, 1.82) is 0 Å². The smallest absolute Gasteiger partial charge is 0.262 e. The molecule has 1 aromatic rings. The predicted octanol–water partition coefficient (Wildman–Crippen LogP) is 1.34. The van der Waals surface area contributed by atoms with Crippen molar-refractivity contribution in [1.82, 2.24) is 15.5 Å². The number of benzene rings is 1. The maximum Gasteiger partial charge on any atom is 0.262 e. The fourth-order valence-corrected chi connectivity index (χ4v) is 2.95. The molecule has 140 valence electrons. The molecule has 2 rings (SSSR count). The van der Waals surface area contributed by atoms with Crippen molar-refractivity contribution in [2.75, 3.05) is 13.1 Å². The lowest BCUT2D eigenvalue weighted by Gasteiger charge is -2.26. The largest absolute Gasteiger partial charge is 0.356 e. The number of fused-ring (bicyclic) bond motifs is 1. The van der Waals surface area contributed by atoms with E-state index in [0.29, 0.717) is 37.1 Å². The molecule has 1 unspecified atom stereocenters. The van der Waals surface area contributed by atoms with Crippen LogP contribution in [-0.4, -0.2) is 47.7 Å². The Labute approximate surface area is 153 Å². The van der Waals surface area contributed by atoms with Crippen LogP contribution in [0.4, 0.5) is 0 Å². The second kappa shape index (κ2) is 8.60. The number of nitrogens with one attached hydrogen (secondary N) is 2. The normalized spacial score (nSPS) is 14.4. The van der Waals surface area contributed by atoms with Crippen molar-refractivity contribution in [3.63, 3.8) is 0 Å². The number of imide groups is 1. The van der Waals surface area contributed by atoms with Gasteiger partial charge in [-0.25, -0.2) is 0 Å².